The molecule has 0 spiro atoms. The van der Waals surface area contributed by atoms with Crippen molar-refractivity contribution in [3.63, 3.8) is 0 Å². The second-order valence-electron chi connectivity index (χ2n) is 5.97. The van der Waals surface area contributed by atoms with Crippen molar-refractivity contribution in [2.24, 2.45) is 0 Å². The van der Waals surface area contributed by atoms with Gasteiger partial charge in [-0.2, -0.15) is 0 Å². The number of nitrogens with zero attached hydrogens (tertiary/aromatic N) is 1. The van der Waals surface area contributed by atoms with Crippen LogP contribution in [0.25, 0.3) is 0 Å². The molecule has 130 valence electrons. The van der Waals surface area contributed by atoms with E-state index in [1.807, 2.05) is 12.1 Å². The Bertz CT molecular complexity index is 728. The summed E-state index contributed by atoms with van der Waals surface area (Å²) in [7, 11) is 0. The van der Waals surface area contributed by atoms with Gasteiger partial charge in [0.05, 0.1) is 6.10 Å². The molecule has 0 radical (unpaired) electrons. The zero-order valence-corrected chi connectivity index (χ0v) is 13.9. The first-order chi connectivity index (χ1) is 12.2. The molecule has 2 N–H and O–H groups in total. The third-order valence-electron chi connectivity index (χ3n) is 4.08. The summed E-state index contributed by atoms with van der Waals surface area (Å²) in [5, 5.41) is 5.69. The molecule has 1 aromatic heterocycles. The largest absolute Gasteiger partial charge is 0.376 e. The quantitative estimate of drug-likeness (QED) is 0.843. The van der Waals surface area contributed by atoms with Crippen LogP contribution in [0.5, 0.6) is 0 Å². The first kappa shape index (κ1) is 17.1. The third-order valence-corrected chi connectivity index (χ3v) is 4.08. The highest BCUT2D eigenvalue weighted by Crippen LogP contribution is 2.11. The van der Waals surface area contributed by atoms with Crippen molar-refractivity contribution in [2.45, 2.75) is 25.5 Å². The van der Waals surface area contributed by atoms with Crippen LogP contribution >= 0.6 is 0 Å². The lowest BCUT2D eigenvalue weighted by atomic mass is 10.1. The van der Waals surface area contributed by atoms with E-state index < -0.39 is 0 Å². The van der Waals surface area contributed by atoms with Gasteiger partial charge >= 0.3 is 0 Å². The zero-order valence-electron chi connectivity index (χ0n) is 13.9. The van der Waals surface area contributed by atoms with Crippen molar-refractivity contribution in [2.75, 3.05) is 13.2 Å². The summed E-state index contributed by atoms with van der Waals surface area (Å²) in [6.07, 6.45) is 5.48. The first-order valence-corrected chi connectivity index (χ1v) is 8.39. The van der Waals surface area contributed by atoms with Gasteiger partial charge in [-0.15, -0.1) is 0 Å². The number of carbonyl (C=O) groups is 2. The van der Waals surface area contributed by atoms with Gasteiger partial charge in [0.2, 0.25) is 0 Å². The smallest absolute Gasteiger partial charge is 0.251 e. The van der Waals surface area contributed by atoms with Gasteiger partial charge in [-0.25, -0.2) is 0 Å². The van der Waals surface area contributed by atoms with Crippen molar-refractivity contribution in [1.29, 1.82) is 0 Å². The van der Waals surface area contributed by atoms with Crippen LogP contribution in [0.3, 0.4) is 0 Å². The molecule has 25 heavy (non-hydrogen) atoms. The van der Waals surface area contributed by atoms with Gasteiger partial charge < -0.3 is 15.4 Å². The molecule has 2 heterocycles. The maximum Gasteiger partial charge on any atom is 0.251 e. The van der Waals surface area contributed by atoms with Crippen LogP contribution in [0.1, 0.15) is 39.1 Å². The van der Waals surface area contributed by atoms with E-state index in [1.54, 1.807) is 36.7 Å². The standard InChI is InChI=1S/C19H21N3O3/c23-18(21-12-14-4-2-8-20-11-14)15-5-1-6-16(10-15)19(24)22-13-17-7-3-9-25-17/h1-2,4-6,8,10-11,17H,3,7,9,12-13H2,(H,21,23)(H,22,24). The maximum atomic E-state index is 12.3. The second-order valence-corrected chi connectivity index (χ2v) is 5.97. The summed E-state index contributed by atoms with van der Waals surface area (Å²) in [4.78, 5) is 28.5. The Kier molecular flexibility index (Phi) is 5.74. The number of nitrogens with one attached hydrogen (secondary N) is 2. The maximum absolute atomic E-state index is 12.3. The molecule has 6 nitrogen and oxygen atoms in total. The third kappa shape index (κ3) is 4.87. The lowest BCUT2D eigenvalue weighted by Crippen LogP contribution is -2.32. The average molecular weight is 339 g/mol. The Morgan fingerprint density at radius 1 is 1.12 bits per heavy atom. The molecule has 1 aliphatic heterocycles. The molecule has 2 aromatic rings. The SMILES string of the molecule is O=C(NCc1cccnc1)c1cccc(C(=O)NCC2CCCO2)c1. The average Bonchev–Trinajstić information content (AvgIpc) is 3.18. The molecule has 1 saturated heterocycles. The van der Waals surface area contributed by atoms with Gasteiger partial charge in [0.1, 0.15) is 0 Å². The number of rotatable bonds is 6. The predicted octanol–water partition coefficient (Wildman–Crippen LogP) is 1.92. The second kappa shape index (κ2) is 8.39. The minimum atomic E-state index is -0.224. The van der Waals surface area contributed by atoms with Crippen molar-refractivity contribution in [3.8, 4) is 0 Å². The minimum absolute atomic E-state index is 0.0925. The van der Waals surface area contributed by atoms with E-state index in [0.717, 1.165) is 25.0 Å². The molecule has 0 saturated carbocycles. The fraction of sp³-hybridized carbons (Fsp3) is 0.316. The highest BCUT2D eigenvalue weighted by molar-refractivity contribution is 5.99. The van der Waals surface area contributed by atoms with Crippen LogP contribution in [0.4, 0.5) is 0 Å². The molecular formula is C19H21N3O3. The lowest BCUT2D eigenvalue weighted by Gasteiger charge is -2.11. The van der Waals surface area contributed by atoms with Crippen LogP contribution in [0.15, 0.2) is 48.8 Å². The normalized spacial score (nSPS) is 16.4. The summed E-state index contributed by atoms with van der Waals surface area (Å²) in [6, 6.07) is 10.4. The number of aromatic nitrogens is 1. The highest BCUT2D eigenvalue weighted by Gasteiger charge is 2.17. The predicted molar refractivity (Wildman–Crippen MR) is 93.2 cm³/mol. The van der Waals surface area contributed by atoms with Crippen LogP contribution < -0.4 is 10.6 Å². The van der Waals surface area contributed by atoms with E-state index >= 15 is 0 Å². The van der Waals surface area contributed by atoms with E-state index in [-0.39, 0.29) is 17.9 Å². The summed E-state index contributed by atoms with van der Waals surface area (Å²) in [5.41, 5.74) is 1.84. The first-order valence-electron chi connectivity index (χ1n) is 8.39. The number of hydrogen-bond acceptors (Lipinski definition) is 4. The number of ether oxygens (including phenoxy) is 1. The van der Waals surface area contributed by atoms with Gasteiger partial charge in [0.15, 0.2) is 0 Å². The van der Waals surface area contributed by atoms with E-state index in [4.69, 9.17) is 4.74 Å². The molecule has 6 heteroatoms. The molecule has 1 fully saturated rings. The Morgan fingerprint density at radius 3 is 2.60 bits per heavy atom. The summed E-state index contributed by atoms with van der Waals surface area (Å²) >= 11 is 0. The number of amides is 2. The van der Waals surface area contributed by atoms with E-state index in [9.17, 15) is 9.59 Å². The zero-order chi connectivity index (χ0) is 17.5. The van der Waals surface area contributed by atoms with Crippen molar-refractivity contribution >= 4 is 11.8 Å². The molecule has 1 atom stereocenters. The molecule has 3 rings (SSSR count). The van der Waals surface area contributed by atoms with Gasteiger partial charge in [-0.05, 0) is 42.7 Å². The molecular weight excluding hydrogens is 318 g/mol. The number of pyridine rings is 1. The molecule has 1 unspecified atom stereocenters. The van der Waals surface area contributed by atoms with E-state index in [2.05, 4.69) is 15.6 Å². The highest BCUT2D eigenvalue weighted by atomic mass is 16.5. The van der Waals surface area contributed by atoms with Gasteiger partial charge in [-0.1, -0.05) is 12.1 Å². The fourth-order valence-electron chi connectivity index (χ4n) is 2.70. The molecule has 1 aliphatic rings. The van der Waals surface area contributed by atoms with E-state index in [1.165, 1.54) is 0 Å². The van der Waals surface area contributed by atoms with Crippen molar-refractivity contribution in [1.82, 2.24) is 15.6 Å². The topological polar surface area (TPSA) is 80.3 Å². The Hall–Kier alpha value is -2.73. The van der Waals surface area contributed by atoms with Gasteiger partial charge in [-0.3, -0.25) is 14.6 Å². The fourth-order valence-corrected chi connectivity index (χ4v) is 2.70. The van der Waals surface area contributed by atoms with Crippen molar-refractivity contribution in [3.05, 3.63) is 65.5 Å². The Morgan fingerprint density at radius 2 is 1.92 bits per heavy atom. The van der Waals surface area contributed by atoms with Crippen molar-refractivity contribution < 1.29 is 14.3 Å². The minimum Gasteiger partial charge on any atom is -0.376 e. The summed E-state index contributed by atoms with van der Waals surface area (Å²) < 4.78 is 5.49. The van der Waals surface area contributed by atoms with Gasteiger partial charge in [0.25, 0.3) is 11.8 Å². The summed E-state index contributed by atoms with van der Waals surface area (Å²) in [6.45, 7) is 1.64. The van der Waals surface area contributed by atoms with Crippen LogP contribution in [-0.2, 0) is 11.3 Å². The summed E-state index contributed by atoms with van der Waals surface area (Å²) in [5.74, 6) is -0.421. The lowest BCUT2D eigenvalue weighted by molar-refractivity contribution is 0.0857. The number of hydrogen-bond donors (Lipinski definition) is 2. The van der Waals surface area contributed by atoms with E-state index in [0.29, 0.717) is 24.2 Å². The van der Waals surface area contributed by atoms with Crippen LogP contribution in [0, 0.1) is 0 Å². The molecule has 1 aromatic carbocycles. The monoisotopic (exact) mass is 339 g/mol. The Labute approximate surface area is 146 Å². The molecule has 0 aliphatic carbocycles. The van der Waals surface area contributed by atoms with Crippen LogP contribution in [0.2, 0.25) is 0 Å². The Balaban J connectivity index is 1.56. The number of carbonyl (C=O) groups excluding carboxylic acids is 2. The van der Waals surface area contributed by atoms with Crippen LogP contribution in [-0.4, -0.2) is 36.1 Å². The number of benzene rings is 1. The molecule has 0 bridgehead atoms. The van der Waals surface area contributed by atoms with Gasteiger partial charge in [0, 0.05) is 43.2 Å². The molecule has 2 amide bonds.